The Balaban J connectivity index is 1.80. The van der Waals surface area contributed by atoms with E-state index in [1.165, 1.54) is 6.07 Å². The van der Waals surface area contributed by atoms with E-state index in [1.54, 1.807) is 30.3 Å². The monoisotopic (exact) mass is 332 g/mol. The van der Waals surface area contributed by atoms with Crippen LogP contribution in [0.2, 0.25) is 0 Å². The molecule has 1 saturated heterocycles. The van der Waals surface area contributed by atoms with Crippen LogP contribution in [-0.4, -0.2) is 28.6 Å². The van der Waals surface area contributed by atoms with Crippen LogP contribution in [-0.2, 0) is 6.54 Å². The Bertz CT molecular complexity index is 749. The van der Waals surface area contributed by atoms with Crippen molar-refractivity contribution in [1.82, 2.24) is 4.90 Å². The minimum absolute atomic E-state index is 0.189. The first-order chi connectivity index (χ1) is 11.4. The average Bonchev–Trinajstić information content (AvgIpc) is 2.91. The first-order valence-corrected chi connectivity index (χ1v) is 7.70. The predicted octanol–water partition coefficient (Wildman–Crippen LogP) is 2.37. The standard InChI is InChI=1S/C18H18F2N2O2/c19-15-6-5-13(7-16(15)20)17-8-14(23)10-22(17)9-11-1-3-12(4-2-11)18(21)24/h1-7,14,17,23H,8-10H2,(H2,21,24)/t14-,17+/m1/s1. The highest BCUT2D eigenvalue weighted by atomic mass is 19.2. The Kier molecular flexibility index (Phi) is 4.59. The molecule has 2 atom stereocenters. The van der Waals surface area contributed by atoms with Crippen LogP contribution in [0.25, 0.3) is 0 Å². The van der Waals surface area contributed by atoms with E-state index in [1.807, 2.05) is 4.90 Å². The number of β-amino-alcohol motifs (C(OH)–C–C–N with tert-alkyl or cyclic N) is 1. The van der Waals surface area contributed by atoms with Crippen molar-refractivity contribution in [3.05, 3.63) is 70.8 Å². The normalized spacial score (nSPS) is 21.1. The average molecular weight is 332 g/mol. The number of primary amides is 1. The molecular weight excluding hydrogens is 314 g/mol. The second kappa shape index (κ2) is 6.67. The van der Waals surface area contributed by atoms with E-state index in [4.69, 9.17) is 5.73 Å². The molecule has 3 N–H and O–H groups in total. The van der Waals surface area contributed by atoms with Gasteiger partial charge in [-0.1, -0.05) is 18.2 Å². The maximum Gasteiger partial charge on any atom is 0.248 e. The summed E-state index contributed by atoms with van der Waals surface area (Å²) in [5.41, 5.74) is 7.23. The fraction of sp³-hybridized carbons (Fsp3) is 0.278. The lowest BCUT2D eigenvalue weighted by atomic mass is 10.0. The highest BCUT2D eigenvalue weighted by Crippen LogP contribution is 2.34. The Hall–Kier alpha value is -2.31. The number of aliphatic hydroxyl groups excluding tert-OH is 1. The first kappa shape index (κ1) is 16.5. The summed E-state index contributed by atoms with van der Waals surface area (Å²) in [6, 6.07) is 10.5. The van der Waals surface area contributed by atoms with E-state index in [0.717, 1.165) is 11.6 Å². The van der Waals surface area contributed by atoms with Crippen LogP contribution in [0, 0.1) is 11.6 Å². The summed E-state index contributed by atoms with van der Waals surface area (Å²) in [4.78, 5) is 13.1. The first-order valence-electron chi connectivity index (χ1n) is 7.70. The third-order valence-electron chi connectivity index (χ3n) is 4.33. The van der Waals surface area contributed by atoms with E-state index < -0.39 is 23.6 Å². The number of rotatable bonds is 4. The van der Waals surface area contributed by atoms with Gasteiger partial charge in [-0.25, -0.2) is 8.78 Å². The van der Waals surface area contributed by atoms with Gasteiger partial charge in [0.25, 0.3) is 0 Å². The van der Waals surface area contributed by atoms with Crippen molar-refractivity contribution in [3.8, 4) is 0 Å². The van der Waals surface area contributed by atoms with Crippen molar-refractivity contribution in [2.75, 3.05) is 6.54 Å². The molecule has 0 spiro atoms. The maximum atomic E-state index is 13.5. The van der Waals surface area contributed by atoms with Gasteiger partial charge in [0.1, 0.15) is 0 Å². The number of carbonyl (C=O) groups excluding carboxylic acids is 1. The molecule has 1 aliphatic rings. The van der Waals surface area contributed by atoms with Crippen LogP contribution in [0.15, 0.2) is 42.5 Å². The highest BCUT2D eigenvalue weighted by Gasteiger charge is 2.32. The third-order valence-corrected chi connectivity index (χ3v) is 4.33. The molecule has 24 heavy (non-hydrogen) atoms. The van der Waals surface area contributed by atoms with Gasteiger partial charge in [-0.15, -0.1) is 0 Å². The van der Waals surface area contributed by atoms with Crippen LogP contribution in [0.1, 0.15) is 33.9 Å². The molecule has 3 rings (SSSR count). The minimum atomic E-state index is -0.889. The summed E-state index contributed by atoms with van der Waals surface area (Å²) < 4.78 is 26.6. The fourth-order valence-electron chi connectivity index (χ4n) is 3.13. The van der Waals surface area contributed by atoms with Gasteiger partial charge in [0, 0.05) is 24.7 Å². The summed E-state index contributed by atoms with van der Waals surface area (Å²) >= 11 is 0. The molecule has 0 aromatic heterocycles. The van der Waals surface area contributed by atoms with Gasteiger partial charge in [-0.3, -0.25) is 9.69 Å². The smallest absolute Gasteiger partial charge is 0.248 e. The Labute approximate surface area is 138 Å². The van der Waals surface area contributed by atoms with E-state index in [2.05, 4.69) is 0 Å². The Morgan fingerprint density at radius 3 is 2.50 bits per heavy atom. The zero-order valence-corrected chi connectivity index (χ0v) is 13.0. The summed E-state index contributed by atoms with van der Waals surface area (Å²) in [5.74, 6) is -2.26. The number of benzene rings is 2. The zero-order valence-electron chi connectivity index (χ0n) is 13.0. The maximum absolute atomic E-state index is 13.5. The van der Waals surface area contributed by atoms with Crippen molar-refractivity contribution in [2.45, 2.75) is 25.1 Å². The number of nitrogens with two attached hydrogens (primary N) is 1. The summed E-state index contributed by atoms with van der Waals surface area (Å²) in [7, 11) is 0. The number of likely N-dealkylation sites (tertiary alicyclic amines) is 1. The second-order valence-electron chi connectivity index (χ2n) is 6.07. The molecule has 0 radical (unpaired) electrons. The van der Waals surface area contributed by atoms with Gasteiger partial charge in [-0.05, 0) is 41.8 Å². The molecule has 2 aromatic rings. The SMILES string of the molecule is NC(=O)c1ccc(CN2C[C@H](O)C[C@H]2c2ccc(F)c(F)c2)cc1. The van der Waals surface area contributed by atoms with Crippen molar-refractivity contribution < 1.29 is 18.7 Å². The molecule has 126 valence electrons. The van der Waals surface area contributed by atoms with Crippen molar-refractivity contribution in [1.29, 1.82) is 0 Å². The predicted molar refractivity (Wildman–Crippen MR) is 85.1 cm³/mol. The molecule has 2 aromatic carbocycles. The van der Waals surface area contributed by atoms with Crippen LogP contribution < -0.4 is 5.73 Å². The number of halogens is 2. The largest absolute Gasteiger partial charge is 0.392 e. The van der Waals surface area contributed by atoms with Gasteiger partial charge >= 0.3 is 0 Å². The molecule has 0 saturated carbocycles. The van der Waals surface area contributed by atoms with E-state index in [-0.39, 0.29) is 6.04 Å². The lowest BCUT2D eigenvalue weighted by molar-refractivity contribution is 0.1000. The van der Waals surface area contributed by atoms with Gasteiger partial charge < -0.3 is 10.8 Å². The van der Waals surface area contributed by atoms with Crippen LogP contribution in [0.3, 0.4) is 0 Å². The molecule has 4 nitrogen and oxygen atoms in total. The minimum Gasteiger partial charge on any atom is -0.392 e. The number of amides is 1. The van der Waals surface area contributed by atoms with Crippen molar-refractivity contribution in [2.24, 2.45) is 5.73 Å². The van der Waals surface area contributed by atoms with Gasteiger partial charge in [0.2, 0.25) is 5.91 Å². The lowest BCUT2D eigenvalue weighted by Crippen LogP contribution is -2.24. The fourth-order valence-corrected chi connectivity index (χ4v) is 3.13. The molecule has 0 bridgehead atoms. The van der Waals surface area contributed by atoms with Crippen LogP contribution in [0.4, 0.5) is 8.78 Å². The molecular formula is C18H18F2N2O2. The number of hydrogen-bond donors (Lipinski definition) is 2. The number of hydrogen-bond acceptors (Lipinski definition) is 3. The van der Waals surface area contributed by atoms with Crippen LogP contribution >= 0.6 is 0 Å². The number of aliphatic hydroxyl groups is 1. The van der Waals surface area contributed by atoms with Crippen molar-refractivity contribution >= 4 is 5.91 Å². The zero-order chi connectivity index (χ0) is 17.3. The second-order valence-corrected chi connectivity index (χ2v) is 6.07. The molecule has 0 unspecified atom stereocenters. The van der Waals surface area contributed by atoms with Crippen LogP contribution in [0.5, 0.6) is 0 Å². The number of carbonyl (C=O) groups is 1. The molecule has 0 aliphatic carbocycles. The third kappa shape index (κ3) is 3.44. The van der Waals surface area contributed by atoms with E-state index >= 15 is 0 Å². The quantitative estimate of drug-likeness (QED) is 0.903. The topological polar surface area (TPSA) is 66.6 Å². The van der Waals surface area contributed by atoms with E-state index in [0.29, 0.717) is 30.6 Å². The summed E-state index contributed by atoms with van der Waals surface area (Å²) in [6.45, 7) is 0.973. The molecule has 1 aliphatic heterocycles. The summed E-state index contributed by atoms with van der Waals surface area (Å²) in [6.07, 6.45) is -0.0576. The molecule has 1 fully saturated rings. The lowest BCUT2D eigenvalue weighted by Gasteiger charge is -2.24. The van der Waals surface area contributed by atoms with E-state index in [9.17, 15) is 18.7 Å². The van der Waals surface area contributed by atoms with Gasteiger partial charge in [-0.2, -0.15) is 0 Å². The summed E-state index contributed by atoms with van der Waals surface area (Å²) in [5, 5.41) is 9.98. The van der Waals surface area contributed by atoms with Crippen molar-refractivity contribution in [3.63, 3.8) is 0 Å². The Morgan fingerprint density at radius 2 is 1.88 bits per heavy atom. The molecule has 1 heterocycles. The molecule has 1 amide bonds. The van der Waals surface area contributed by atoms with Gasteiger partial charge in [0.05, 0.1) is 6.10 Å². The van der Waals surface area contributed by atoms with Gasteiger partial charge in [0.15, 0.2) is 11.6 Å². The Morgan fingerprint density at radius 1 is 1.17 bits per heavy atom. The number of nitrogens with zero attached hydrogens (tertiary/aromatic N) is 1. The molecule has 6 heteroatoms. The highest BCUT2D eigenvalue weighted by molar-refractivity contribution is 5.92.